The lowest BCUT2D eigenvalue weighted by atomic mass is 10.2. The first-order chi connectivity index (χ1) is 10.1. The molecule has 21 heavy (non-hydrogen) atoms. The molecular weight excluding hydrogens is 306 g/mol. The van der Waals surface area contributed by atoms with Crippen molar-refractivity contribution in [2.45, 2.75) is 18.6 Å². The summed E-state index contributed by atoms with van der Waals surface area (Å²) in [6, 6.07) is 6.00. The first kappa shape index (κ1) is 14.1. The van der Waals surface area contributed by atoms with Gasteiger partial charge in [-0.3, -0.25) is 4.79 Å². The number of fused-ring (bicyclic) bond motifs is 1. The van der Waals surface area contributed by atoms with Gasteiger partial charge in [0.15, 0.2) is 5.16 Å². The maximum atomic E-state index is 10.8. The van der Waals surface area contributed by atoms with Gasteiger partial charge in [0, 0.05) is 5.38 Å². The van der Waals surface area contributed by atoms with Crippen LogP contribution in [-0.2, 0) is 11.3 Å². The zero-order valence-electron chi connectivity index (χ0n) is 11.3. The fourth-order valence-corrected chi connectivity index (χ4v) is 3.41. The highest BCUT2D eigenvalue weighted by molar-refractivity contribution is 7.99. The van der Waals surface area contributed by atoms with E-state index in [2.05, 4.69) is 9.97 Å². The Morgan fingerprint density at radius 2 is 2.33 bits per heavy atom. The van der Waals surface area contributed by atoms with Crippen LogP contribution in [0.4, 0.5) is 0 Å². The first-order valence-corrected chi connectivity index (χ1v) is 8.25. The van der Waals surface area contributed by atoms with E-state index in [1.54, 1.807) is 16.8 Å². The Morgan fingerprint density at radius 3 is 3.05 bits per heavy atom. The van der Waals surface area contributed by atoms with Gasteiger partial charge in [0.25, 0.3) is 0 Å². The Morgan fingerprint density at radius 1 is 1.48 bits per heavy atom. The maximum absolute atomic E-state index is 10.8. The van der Waals surface area contributed by atoms with Crippen LogP contribution in [0.15, 0.2) is 34.2 Å². The van der Waals surface area contributed by atoms with E-state index in [1.165, 1.54) is 11.8 Å². The van der Waals surface area contributed by atoms with Crippen molar-refractivity contribution in [3.63, 3.8) is 0 Å². The van der Waals surface area contributed by atoms with E-state index in [4.69, 9.17) is 5.11 Å². The molecular formula is C14H13N3O2S2. The number of carboxylic acid groups (broad SMARTS) is 1. The van der Waals surface area contributed by atoms with E-state index in [-0.39, 0.29) is 5.75 Å². The number of hydrogen-bond donors (Lipinski definition) is 1. The molecule has 0 aliphatic rings. The van der Waals surface area contributed by atoms with Crippen LogP contribution < -0.4 is 0 Å². The highest BCUT2D eigenvalue weighted by Crippen LogP contribution is 2.27. The Balaban J connectivity index is 2.06. The van der Waals surface area contributed by atoms with Gasteiger partial charge in [-0.1, -0.05) is 23.9 Å². The summed E-state index contributed by atoms with van der Waals surface area (Å²) in [7, 11) is 0. The van der Waals surface area contributed by atoms with Gasteiger partial charge >= 0.3 is 5.97 Å². The van der Waals surface area contributed by atoms with Gasteiger partial charge in [-0.15, -0.1) is 11.3 Å². The van der Waals surface area contributed by atoms with Gasteiger partial charge in [-0.25, -0.2) is 9.97 Å². The predicted molar refractivity (Wildman–Crippen MR) is 84.0 cm³/mol. The number of aromatic nitrogens is 3. The molecule has 0 bridgehead atoms. The Hall–Kier alpha value is -1.86. The quantitative estimate of drug-likeness (QED) is 0.732. The number of rotatable bonds is 5. The summed E-state index contributed by atoms with van der Waals surface area (Å²) < 4.78 is 2.03. The Kier molecular flexibility index (Phi) is 3.94. The topological polar surface area (TPSA) is 68.0 Å². The van der Waals surface area contributed by atoms with E-state index >= 15 is 0 Å². The molecule has 0 saturated heterocycles. The zero-order chi connectivity index (χ0) is 14.8. The summed E-state index contributed by atoms with van der Waals surface area (Å²) >= 11 is 2.79. The minimum absolute atomic E-state index is 0.000561. The molecule has 2 heterocycles. The number of hydrogen-bond acceptors (Lipinski definition) is 5. The van der Waals surface area contributed by atoms with E-state index in [0.717, 1.165) is 27.4 Å². The number of thioether (sulfide) groups is 1. The normalized spacial score (nSPS) is 11.1. The van der Waals surface area contributed by atoms with E-state index < -0.39 is 5.97 Å². The number of benzene rings is 1. The SMILES string of the molecule is Cc1cccc2c1nc(SCC(=O)O)n2Cc1cscn1. The summed E-state index contributed by atoms with van der Waals surface area (Å²) in [4.78, 5) is 19.7. The van der Waals surface area contributed by atoms with E-state index in [1.807, 2.05) is 35.1 Å². The standard InChI is InChI=1S/C14H13N3O2S2/c1-9-3-2-4-11-13(9)16-14(21-7-12(18)19)17(11)5-10-6-20-8-15-10/h2-4,6,8H,5,7H2,1H3,(H,18,19). The average Bonchev–Trinajstić information content (AvgIpc) is 3.07. The first-order valence-electron chi connectivity index (χ1n) is 6.32. The van der Waals surface area contributed by atoms with E-state index in [9.17, 15) is 4.79 Å². The molecule has 0 spiro atoms. The summed E-state index contributed by atoms with van der Waals surface area (Å²) in [6.07, 6.45) is 0. The highest BCUT2D eigenvalue weighted by Gasteiger charge is 2.14. The Bertz CT molecular complexity index is 781. The number of carboxylic acids is 1. The van der Waals surface area contributed by atoms with Crippen molar-refractivity contribution >= 4 is 40.1 Å². The van der Waals surface area contributed by atoms with Crippen LogP contribution in [0.3, 0.4) is 0 Å². The van der Waals surface area contributed by atoms with Crippen molar-refractivity contribution in [2.75, 3.05) is 5.75 Å². The van der Waals surface area contributed by atoms with Crippen LogP contribution in [0.25, 0.3) is 11.0 Å². The van der Waals surface area contributed by atoms with Crippen molar-refractivity contribution in [3.8, 4) is 0 Å². The molecule has 1 N–H and O–H groups in total. The molecule has 2 aromatic heterocycles. The number of aryl methyl sites for hydroxylation is 1. The minimum atomic E-state index is -0.844. The van der Waals surface area contributed by atoms with Crippen molar-refractivity contribution < 1.29 is 9.90 Å². The van der Waals surface area contributed by atoms with Gasteiger partial charge in [0.1, 0.15) is 0 Å². The number of thiazole rings is 1. The molecule has 7 heteroatoms. The molecule has 0 aliphatic carbocycles. The van der Waals surface area contributed by atoms with Gasteiger partial charge in [-0.05, 0) is 18.6 Å². The molecule has 0 aliphatic heterocycles. The van der Waals surface area contributed by atoms with Gasteiger partial charge < -0.3 is 9.67 Å². The van der Waals surface area contributed by atoms with Gasteiger partial charge in [0.05, 0.1) is 34.5 Å². The van der Waals surface area contributed by atoms with Crippen molar-refractivity contribution in [1.82, 2.24) is 14.5 Å². The molecule has 3 aromatic rings. The average molecular weight is 319 g/mol. The molecule has 0 atom stereocenters. The summed E-state index contributed by atoms with van der Waals surface area (Å²) in [5.41, 5.74) is 5.76. The number of para-hydroxylation sites is 1. The lowest BCUT2D eigenvalue weighted by Gasteiger charge is -2.06. The van der Waals surface area contributed by atoms with Crippen molar-refractivity contribution in [1.29, 1.82) is 0 Å². The molecule has 0 radical (unpaired) electrons. The van der Waals surface area contributed by atoms with Gasteiger partial charge in [0.2, 0.25) is 0 Å². The highest BCUT2D eigenvalue weighted by atomic mass is 32.2. The zero-order valence-corrected chi connectivity index (χ0v) is 12.9. The van der Waals surface area contributed by atoms with Crippen LogP contribution in [0.2, 0.25) is 0 Å². The maximum Gasteiger partial charge on any atom is 0.313 e. The minimum Gasteiger partial charge on any atom is -0.481 e. The summed E-state index contributed by atoms with van der Waals surface area (Å²) in [5.74, 6) is -0.844. The molecule has 3 rings (SSSR count). The number of aliphatic carboxylic acids is 1. The monoisotopic (exact) mass is 319 g/mol. The van der Waals surface area contributed by atoms with Crippen LogP contribution in [0.5, 0.6) is 0 Å². The smallest absolute Gasteiger partial charge is 0.313 e. The lowest BCUT2D eigenvalue weighted by Crippen LogP contribution is -2.04. The lowest BCUT2D eigenvalue weighted by molar-refractivity contribution is -0.133. The van der Waals surface area contributed by atoms with Crippen LogP contribution in [-0.4, -0.2) is 31.4 Å². The molecule has 0 amide bonds. The third-order valence-corrected chi connectivity index (χ3v) is 4.67. The summed E-state index contributed by atoms with van der Waals surface area (Å²) in [5, 5.41) is 11.6. The second kappa shape index (κ2) is 5.87. The van der Waals surface area contributed by atoms with Crippen LogP contribution in [0, 0.1) is 6.92 Å². The van der Waals surface area contributed by atoms with Crippen LogP contribution in [0.1, 0.15) is 11.3 Å². The molecule has 0 unspecified atom stereocenters. The number of carbonyl (C=O) groups is 1. The van der Waals surface area contributed by atoms with Gasteiger partial charge in [-0.2, -0.15) is 0 Å². The third kappa shape index (κ3) is 2.93. The Labute approximate surface area is 129 Å². The predicted octanol–water partition coefficient (Wildman–Crippen LogP) is 3.03. The fraction of sp³-hybridized carbons (Fsp3) is 0.214. The van der Waals surface area contributed by atoms with E-state index in [0.29, 0.717) is 6.54 Å². The molecule has 108 valence electrons. The molecule has 1 aromatic carbocycles. The fourth-order valence-electron chi connectivity index (χ4n) is 2.13. The largest absolute Gasteiger partial charge is 0.481 e. The second-order valence-electron chi connectivity index (χ2n) is 4.59. The number of imidazole rings is 1. The summed E-state index contributed by atoms with van der Waals surface area (Å²) in [6.45, 7) is 2.61. The number of nitrogens with zero attached hydrogens (tertiary/aromatic N) is 3. The van der Waals surface area contributed by atoms with Crippen LogP contribution >= 0.6 is 23.1 Å². The van der Waals surface area contributed by atoms with Crippen molar-refractivity contribution in [2.24, 2.45) is 0 Å². The second-order valence-corrected chi connectivity index (χ2v) is 6.25. The third-order valence-electron chi connectivity index (χ3n) is 3.07. The van der Waals surface area contributed by atoms with Crippen molar-refractivity contribution in [3.05, 3.63) is 40.3 Å². The molecule has 5 nitrogen and oxygen atoms in total. The molecule has 0 saturated carbocycles. The molecule has 0 fully saturated rings.